The number of hydrogen-bond donors (Lipinski definition) is 1. The van der Waals surface area contributed by atoms with Gasteiger partial charge in [-0.2, -0.15) is 0 Å². The lowest BCUT2D eigenvalue weighted by Crippen LogP contribution is -2.02. The number of imidazole rings is 1. The second-order valence-electron chi connectivity index (χ2n) is 5.58. The smallest absolute Gasteiger partial charge is 0.137 e. The molecule has 0 bridgehead atoms. The minimum Gasteiger partial charge on any atom is -0.461 e. The Labute approximate surface area is 140 Å². The fourth-order valence-corrected chi connectivity index (χ4v) is 2.86. The first-order valence-electron chi connectivity index (χ1n) is 8.02. The summed E-state index contributed by atoms with van der Waals surface area (Å²) in [5, 5.41) is 4.61. The van der Waals surface area contributed by atoms with E-state index in [9.17, 15) is 0 Å². The number of anilines is 1. The molecular weight excluding hydrogens is 300 g/mol. The quantitative estimate of drug-likeness (QED) is 0.599. The largest absolute Gasteiger partial charge is 0.461 e. The first-order chi connectivity index (χ1) is 11.8. The standard InChI is InChI=1S/C19H18N4O/c1-2-17-16(15-5-3-4-6-18(15)24-17)12-21-14-7-8-19(22-11-14)23-10-9-20-13-23/h3-11,13,21H,2,12H2,1H3. The summed E-state index contributed by atoms with van der Waals surface area (Å²) in [7, 11) is 0. The summed E-state index contributed by atoms with van der Waals surface area (Å²) in [6, 6.07) is 12.2. The first kappa shape index (κ1) is 14.5. The van der Waals surface area contributed by atoms with E-state index in [1.165, 1.54) is 10.9 Å². The number of para-hydroxylation sites is 1. The Morgan fingerprint density at radius 1 is 1.17 bits per heavy atom. The Kier molecular flexibility index (Phi) is 3.75. The third-order valence-electron chi connectivity index (χ3n) is 4.09. The highest BCUT2D eigenvalue weighted by atomic mass is 16.3. The van der Waals surface area contributed by atoms with Gasteiger partial charge in [-0.1, -0.05) is 25.1 Å². The summed E-state index contributed by atoms with van der Waals surface area (Å²) in [6.45, 7) is 2.83. The highest BCUT2D eigenvalue weighted by Gasteiger charge is 2.12. The lowest BCUT2D eigenvalue weighted by Gasteiger charge is -2.08. The molecule has 0 aliphatic carbocycles. The van der Waals surface area contributed by atoms with Crippen LogP contribution in [0.2, 0.25) is 0 Å². The molecule has 3 aromatic heterocycles. The Hall–Kier alpha value is -3.08. The van der Waals surface area contributed by atoms with Gasteiger partial charge in [0.15, 0.2) is 0 Å². The summed E-state index contributed by atoms with van der Waals surface area (Å²) in [6.07, 6.45) is 8.07. The zero-order chi connectivity index (χ0) is 16.4. The second kappa shape index (κ2) is 6.20. The zero-order valence-corrected chi connectivity index (χ0v) is 13.4. The molecule has 0 spiro atoms. The fourth-order valence-electron chi connectivity index (χ4n) is 2.86. The van der Waals surface area contributed by atoms with Crippen molar-refractivity contribution in [1.29, 1.82) is 0 Å². The van der Waals surface area contributed by atoms with Crippen LogP contribution in [0.15, 0.2) is 65.7 Å². The van der Waals surface area contributed by atoms with Crippen molar-refractivity contribution in [2.24, 2.45) is 0 Å². The van der Waals surface area contributed by atoms with E-state index in [-0.39, 0.29) is 0 Å². The molecular formula is C19H18N4O. The van der Waals surface area contributed by atoms with Gasteiger partial charge >= 0.3 is 0 Å². The van der Waals surface area contributed by atoms with Crippen LogP contribution < -0.4 is 5.32 Å². The normalized spacial score (nSPS) is 11.0. The molecule has 3 heterocycles. The van der Waals surface area contributed by atoms with E-state index in [0.717, 1.165) is 29.3 Å². The lowest BCUT2D eigenvalue weighted by atomic mass is 10.1. The average Bonchev–Trinajstić information content (AvgIpc) is 3.28. The molecule has 4 aromatic rings. The van der Waals surface area contributed by atoms with Crippen LogP contribution in [0.25, 0.3) is 16.8 Å². The fraction of sp³-hybridized carbons (Fsp3) is 0.158. The molecule has 1 N–H and O–H groups in total. The van der Waals surface area contributed by atoms with Gasteiger partial charge in [-0.15, -0.1) is 0 Å². The number of fused-ring (bicyclic) bond motifs is 1. The van der Waals surface area contributed by atoms with Gasteiger partial charge in [0.05, 0.1) is 11.9 Å². The molecule has 0 amide bonds. The molecule has 1 aromatic carbocycles. The Morgan fingerprint density at radius 3 is 2.83 bits per heavy atom. The van der Waals surface area contributed by atoms with E-state index in [1.807, 2.05) is 47.3 Å². The maximum Gasteiger partial charge on any atom is 0.137 e. The monoisotopic (exact) mass is 318 g/mol. The van der Waals surface area contributed by atoms with Gasteiger partial charge in [-0.25, -0.2) is 9.97 Å². The van der Waals surface area contributed by atoms with Crippen LogP contribution in [0.4, 0.5) is 5.69 Å². The molecule has 0 aliphatic heterocycles. The van der Waals surface area contributed by atoms with Crippen molar-refractivity contribution < 1.29 is 4.42 Å². The summed E-state index contributed by atoms with van der Waals surface area (Å²) >= 11 is 0. The van der Waals surface area contributed by atoms with Gasteiger partial charge in [0.25, 0.3) is 0 Å². The molecule has 5 nitrogen and oxygen atoms in total. The number of nitrogens with zero attached hydrogens (tertiary/aromatic N) is 3. The minimum atomic E-state index is 0.715. The van der Waals surface area contributed by atoms with Gasteiger partial charge in [0.2, 0.25) is 0 Å². The van der Waals surface area contributed by atoms with E-state index >= 15 is 0 Å². The highest BCUT2D eigenvalue weighted by Crippen LogP contribution is 2.27. The predicted molar refractivity (Wildman–Crippen MR) is 94.3 cm³/mol. The third kappa shape index (κ3) is 2.65. The molecule has 24 heavy (non-hydrogen) atoms. The molecule has 0 radical (unpaired) electrons. The summed E-state index contributed by atoms with van der Waals surface area (Å²) in [5.41, 5.74) is 3.14. The molecule has 0 fully saturated rings. The van der Waals surface area contributed by atoms with E-state index < -0.39 is 0 Å². The second-order valence-corrected chi connectivity index (χ2v) is 5.58. The zero-order valence-electron chi connectivity index (χ0n) is 13.4. The lowest BCUT2D eigenvalue weighted by molar-refractivity contribution is 0.551. The molecule has 0 saturated carbocycles. The first-order valence-corrected chi connectivity index (χ1v) is 8.02. The third-order valence-corrected chi connectivity index (χ3v) is 4.09. The van der Waals surface area contributed by atoms with Crippen LogP contribution in [-0.2, 0) is 13.0 Å². The van der Waals surface area contributed by atoms with Crippen LogP contribution in [0.1, 0.15) is 18.2 Å². The van der Waals surface area contributed by atoms with E-state index in [4.69, 9.17) is 4.42 Å². The number of hydrogen-bond acceptors (Lipinski definition) is 4. The van der Waals surface area contributed by atoms with Gasteiger partial charge in [0.1, 0.15) is 23.5 Å². The molecule has 0 saturated heterocycles. The van der Waals surface area contributed by atoms with E-state index in [1.54, 1.807) is 12.5 Å². The van der Waals surface area contributed by atoms with Gasteiger partial charge in [-0.3, -0.25) is 4.57 Å². The number of furan rings is 1. The van der Waals surface area contributed by atoms with Crippen LogP contribution in [0.5, 0.6) is 0 Å². The van der Waals surface area contributed by atoms with Crippen molar-refractivity contribution in [3.63, 3.8) is 0 Å². The molecule has 5 heteroatoms. The number of aryl methyl sites for hydroxylation is 1. The summed E-state index contributed by atoms with van der Waals surface area (Å²) in [5.74, 6) is 1.88. The van der Waals surface area contributed by atoms with Crippen molar-refractivity contribution in [2.45, 2.75) is 19.9 Å². The number of pyridine rings is 1. The predicted octanol–water partition coefficient (Wildman–Crippen LogP) is 4.19. The maximum atomic E-state index is 5.94. The topological polar surface area (TPSA) is 55.9 Å². The average molecular weight is 318 g/mol. The Balaban J connectivity index is 1.55. The summed E-state index contributed by atoms with van der Waals surface area (Å²) < 4.78 is 7.82. The molecule has 0 unspecified atom stereocenters. The van der Waals surface area contributed by atoms with Gasteiger partial charge in [0, 0.05) is 36.3 Å². The van der Waals surface area contributed by atoms with Crippen LogP contribution >= 0.6 is 0 Å². The SMILES string of the molecule is CCc1oc2ccccc2c1CNc1ccc(-n2ccnc2)nc1. The number of benzene rings is 1. The number of rotatable bonds is 5. The highest BCUT2D eigenvalue weighted by molar-refractivity contribution is 5.82. The van der Waals surface area contributed by atoms with Crippen LogP contribution in [0.3, 0.4) is 0 Å². The van der Waals surface area contributed by atoms with Crippen molar-refractivity contribution in [2.75, 3.05) is 5.32 Å². The van der Waals surface area contributed by atoms with Gasteiger partial charge in [-0.05, 0) is 18.2 Å². The Bertz CT molecular complexity index is 939. The number of aromatic nitrogens is 3. The molecule has 120 valence electrons. The van der Waals surface area contributed by atoms with Gasteiger partial charge < -0.3 is 9.73 Å². The Morgan fingerprint density at radius 2 is 2.08 bits per heavy atom. The van der Waals surface area contributed by atoms with Crippen molar-refractivity contribution in [3.8, 4) is 5.82 Å². The number of nitrogens with one attached hydrogen (secondary N) is 1. The van der Waals surface area contributed by atoms with Crippen molar-refractivity contribution in [3.05, 3.63) is 72.6 Å². The van der Waals surface area contributed by atoms with E-state index in [2.05, 4.69) is 28.3 Å². The summed E-state index contributed by atoms with van der Waals surface area (Å²) in [4.78, 5) is 8.50. The van der Waals surface area contributed by atoms with E-state index in [0.29, 0.717) is 6.54 Å². The van der Waals surface area contributed by atoms with Crippen molar-refractivity contribution >= 4 is 16.7 Å². The minimum absolute atomic E-state index is 0.715. The van der Waals surface area contributed by atoms with Crippen LogP contribution in [-0.4, -0.2) is 14.5 Å². The van der Waals surface area contributed by atoms with Crippen molar-refractivity contribution in [1.82, 2.24) is 14.5 Å². The molecule has 0 aliphatic rings. The van der Waals surface area contributed by atoms with Crippen LogP contribution in [0, 0.1) is 0 Å². The molecule has 4 rings (SSSR count). The maximum absolute atomic E-state index is 5.94. The molecule has 0 atom stereocenters.